The molecule has 0 bridgehead atoms. The van der Waals surface area contributed by atoms with Crippen molar-refractivity contribution < 1.29 is 9.53 Å². The van der Waals surface area contributed by atoms with E-state index >= 15 is 0 Å². The largest absolute Gasteiger partial charge is 0.497 e. The van der Waals surface area contributed by atoms with E-state index in [0.29, 0.717) is 12.3 Å². The molecule has 1 aromatic carbocycles. The van der Waals surface area contributed by atoms with Crippen molar-refractivity contribution in [2.75, 3.05) is 25.5 Å². The highest BCUT2D eigenvalue weighted by molar-refractivity contribution is 6.00. The van der Waals surface area contributed by atoms with Gasteiger partial charge in [0.25, 0.3) is 0 Å². The molecule has 1 unspecified atom stereocenters. The lowest BCUT2D eigenvalue weighted by molar-refractivity contribution is -0.115. The Labute approximate surface area is 113 Å². The van der Waals surface area contributed by atoms with E-state index in [0.717, 1.165) is 36.5 Å². The van der Waals surface area contributed by atoms with Crippen LogP contribution < -0.4 is 15.4 Å². The molecule has 0 radical (unpaired) electrons. The van der Waals surface area contributed by atoms with Gasteiger partial charge in [-0.05, 0) is 61.5 Å². The van der Waals surface area contributed by atoms with Gasteiger partial charge in [0.15, 0.2) is 0 Å². The molecule has 2 N–H and O–H groups in total. The highest BCUT2D eigenvalue weighted by atomic mass is 16.5. The number of benzene rings is 1. The zero-order valence-corrected chi connectivity index (χ0v) is 11.3. The van der Waals surface area contributed by atoms with Crippen LogP contribution in [0, 0.1) is 5.92 Å². The number of piperidine rings is 1. The first kappa shape index (κ1) is 12.5. The molecule has 0 spiro atoms. The van der Waals surface area contributed by atoms with Crippen LogP contribution in [-0.2, 0) is 17.6 Å². The van der Waals surface area contributed by atoms with Gasteiger partial charge >= 0.3 is 0 Å². The van der Waals surface area contributed by atoms with Gasteiger partial charge in [-0.15, -0.1) is 0 Å². The van der Waals surface area contributed by atoms with Crippen LogP contribution in [0.25, 0.3) is 0 Å². The summed E-state index contributed by atoms with van der Waals surface area (Å²) in [6, 6.07) is 4.04. The van der Waals surface area contributed by atoms with E-state index in [9.17, 15) is 4.79 Å². The maximum absolute atomic E-state index is 11.6. The Morgan fingerprint density at radius 3 is 3.05 bits per heavy atom. The van der Waals surface area contributed by atoms with Crippen LogP contribution in [0.15, 0.2) is 12.1 Å². The van der Waals surface area contributed by atoms with E-state index in [4.69, 9.17) is 4.74 Å². The van der Waals surface area contributed by atoms with Gasteiger partial charge in [-0.1, -0.05) is 0 Å². The summed E-state index contributed by atoms with van der Waals surface area (Å²) in [7, 11) is 1.68. The number of nitrogens with one attached hydrogen (secondary N) is 2. The van der Waals surface area contributed by atoms with Gasteiger partial charge in [-0.25, -0.2) is 0 Å². The number of amides is 1. The van der Waals surface area contributed by atoms with Crippen molar-refractivity contribution >= 4 is 11.6 Å². The third kappa shape index (κ3) is 2.59. The molecule has 102 valence electrons. The fraction of sp³-hybridized carbons (Fsp3) is 0.533. The van der Waals surface area contributed by atoms with Gasteiger partial charge in [0.1, 0.15) is 5.75 Å². The van der Waals surface area contributed by atoms with Crippen LogP contribution >= 0.6 is 0 Å². The second kappa shape index (κ2) is 5.21. The third-order valence-electron chi connectivity index (χ3n) is 4.03. The monoisotopic (exact) mass is 260 g/mol. The molecule has 1 atom stereocenters. The first-order valence-corrected chi connectivity index (χ1v) is 6.96. The van der Waals surface area contributed by atoms with E-state index in [1.807, 2.05) is 6.07 Å². The van der Waals surface area contributed by atoms with Crippen LogP contribution in [0.4, 0.5) is 5.69 Å². The topological polar surface area (TPSA) is 50.4 Å². The van der Waals surface area contributed by atoms with Crippen LogP contribution in [0.1, 0.15) is 24.0 Å². The summed E-state index contributed by atoms with van der Waals surface area (Å²) in [6.07, 6.45) is 3.98. The Morgan fingerprint density at radius 1 is 1.42 bits per heavy atom. The summed E-state index contributed by atoms with van der Waals surface area (Å²) >= 11 is 0. The Hall–Kier alpha value is -1.55. The molecule has 2 heterocycles. The summed E-state index contributed by atoms with van der Waals surface area (Å²) in [4.78, 5) is 11.6. The molecule has 4 heteroatoms. The van der Waals surface area contributed by atoms with Crippen molar-refractivity contribution in [3.8, 4) is 5.75 Å². The first-order valence-electron chi connectivity index (χ1n) is 6.96. The van der Waals surface area contributed by atoms with Gasteiger partial charge in [0, 0.05) is 5.69 Å². The van der Waals surface area contributed by atoms with E-state index in [1.54, 1.807) is 7.11 Å². The average Bonchev–Trinajstić information content (AvgIpc) is 2.80. The number of hydrogen-bond donors (Lipinski definition) is 2. The van der Waals surface area contributed by atoms with Gasteiger partial charge in [0.05, 0.1) is 13.5 Å². The lowest BCUT2D eigenvalue weighted by Crippen LogP contribution is -2.31. The number of fused-ring (bicyclic) bond motifs is 1. The molecule has 1 saturated heterocycles. The Balaban J connectivity index is 1.87. The Morgan fingerprint density at radius 2 is 2.32 bits per heavy atom. The van der Waals surface area contributed by atoms with Crippen molar-refractivity contribution in [1.82, 2.24) is 5.32 Å². The van der Waals surface area contributed by atoms with Gasteiger partial charge in [-0.2, -0.15) is 0 Å². The zero-order chi connectivity index (χ0) is 13.2. The SMILES string of the molecule is COc1cc2c(c(CC3CCCNC3)c1)NC(=O)C2. The van der Waals surface area contributed by atoms with Crippen LogP contribution in [-0.4, -0.2) is 26.1 Å². The number of ether oxygens (including phenoxy) is 1. The predicted molar refractivity (Wildman–Crippen MR) is 74.6 cm³/mol. The predicted octanol–water partition coefficient (Wildman–Crippen LogP) is 1.73. The molecule has 2 aliphatic rings. The molecule has 4 nitrogen and oxygen atoms in total. The van der Waals surface area contributed by atoms with Crippen LogP contribution in [0.2, 0.25) is 0 Å². The first-order chi connectivity index (χ1) is 9.26. The van der Waals surface area contributed by atoms with Crippen molar-refractivity contribution in [3.05, 3.63) is 23.3 Å². The highest BCUT2D eigenvalue weighted by Crippen LogP contribution is 2.34. The maximum atomic E-state index is 11.6. The zero-order valence-electron chi connectivity index (χ0n) is 11.3. The lowest BCUT2D eigenvalue weighted by Gasteiger charge is -2.23. The molecule has 1 amide bonds. The minimum atomic E-state index is 0.0891. The minimum Gasteiger partial charge on any atom is -0.497 e. The van der Waals surface area contributed by atoms with Crippen molar-refractivity contribution in [3.63, 3.8) is 0 Å². The van der Waals surface area contributed by atoms with Crippen molar-refractivity contribution in [1.29, 1.82) is 0 Å². The molecule has 3 rings (SSSR count). The molecule has 19 heavy (non-hydrogen) atoms. The quantitative estimate of drug-likeness (QED) is 0.870. The second-order valence-electron chi connectivity index (χ2n) is 5.46. The molecule has 0 saturated carbocycles. The molecule has 0 aromatic heterocycles. The van der Waals surface area contributed by atoms with Gasteiger partial charge in [-0.3, -0.25) is 4.79 Å². The normalized spacial score (nSPS) is 21.9. The summed E-state index contributed by atoms with van der Waals surface area (Å²) in [5.74, 6) is 1.60. The van der Waals surface area contributed by atoms with Crippen molar-refractivity contribution in [2.24, 2.45) is 5.92 Å². The molecule has 2 aliphatic heterocycles. The average molecular weight is 260 g/mol. The smallest absolute Gasteiger partial charge is 0.228 e. The molecule has 1 fully saturated rings. The van der Waals surface area contributed by atoms with Gasteiger partial charge in [0.2, 0.25) is 5.91 Å². The molecular weight excluding hydrogens is 240 g/mol. The number of hydrogen-bond acceptors (Lipinski definition) is 3. The molecular formula is C15H20N2O2. The highest BCUT2D eigenvalue weighted by Gasteiger charge is 2.24. The van der Waals surface area contributed by atoms with Crippen LogP contribution in [0.5, 0.6) is 5.75 Å². The van der Waals surface area contributed by atoms with Crippen LogP contribution in [0.3, 0.4) is 0 Å². The van der Waals surface area contributed by atoms with E-state index < -0.39 is 0 Å². The number of anilines is 1. The second-order valence-corrected chi connectivity index (χ2v) is 5.46. The maximum Gasteiger partial charge on any atom is 0.228 e. The summed E-state index contributed by atoms with van der Waals surface area (Å²) in [6.45, 7) is 2.20. The Bertz CT molecular complexity index is 493. The summed E-state index contributed by atoms with van der Waals surface area (Å²) in [5.41, 5.74) is 3.31. The standard InChI is InChI=1S/C15H20N2O2/c1-19-13-6-11(5-10-3-2-4-16-9-10)15-12(7-13)8-14(18)17-15/h6-7,10,16H,2-5,8-9H2,1H3,(H,17,18). The lowest BCUT2D eigenvalue weighted by atomic mass is 9.90. The Kier molecular flexibility index (Phi) is 3.42. The number of methoxy groups -OCH3 is 1. The summed E-state index contributed by atoms with van der Waals surface area (Å²) < 4.78 is 5.35. The van der Waals surface area contributed by atoms with Crippen molar-refractivity contribution in [2.45, 2.75) is 25.7 Å². The minimum absolute atomic E-state index is 0.0891. The summed E-state index contributed by atoms with van der Waals surface area (Å²) in [5, 5.41) is 6.43. The fourth-order valence-corrected chi connectivity index (χ4v) is 3.08. The number of rotatable bonds is 3. The fourth-order valence-electron chi connectivity index (χ4n) is 3.08. The van der Waals surface area contributed by atoms with E-state index in [-0.39, 0.29) is 5.91 Å². The van der Waals surface area contributed by atoms with E-state index in [2.05, 4.69) is 16.7 Å². The molecule has 1 aromatic rings. The molecule has 0 aliphatic carbocycles. The van der Waals surface area contributed by atoms with E-state index in [1.165, 1.54) is 18.4 Å². The third-order valence-corrected chi connectivity index (χ3v) is 4.03. The van der Waals surface area contributed by atoms with Gasteiger partial charge < -0.3 is 15.4 Å². The number of carbonyl (C=O) groups excluding carboxylic acids is 1. The number of carbonyl (C=O) groups is 1.